The maximum Gasteiger partial charge on any atom is 0.327 e. The highest BCUT2D eigenvalue weighted by Gasteiger charge is 1.94. The fourth-order valence-electron chi connectivity index (χ4n) is 0.510. The molecule has 0 heterocycles. The van der Waals surface area contributed by atoms with Crippen molar-refractivity contribution >= 4 is 5.97 Å². The Morgan fingerprint density at radius 1 is 1.80 bits per heavy atom. The topological polar surface area (TPSA) is 63.3 Å². The molecule has 0 bridgehead atoms. The largest absolute Gasteiger partial charge is 0.478 e. The summed E-state index contributed by atoms with van der Waals surface area (Å²) in [5, 5.41) is 8.17. The highest BCUT2D eigenvalue weighted by atomic mass is 16.4. The van der Waals surface area contributed by atoms with Crippen molar-refractivity contribution < 1.29 is 9.90 Å². The Labute approximate surface area is 60.5 Å². The van der Waals surface area contributed by atoms with Crippen molar-refractivity contribution in [1.29, 1.82) is 0 Å². The molecule has 1 atom stereocenters. The van der Waals surface area contributed by atoms with Crippen LogP contribution in [0.5, 0.6) is 0 Å². The first-order valence-corrected chi connectivity index (χ1v) is 3.31. The Kier molecular flexibility index (Phi) is 4.58. The monoisotopic (exact) mass is 143 g/mol. The molecule has 0 amide bonds. The maximum absolute atomic E-state index is 9.94. The van der Waals surface area contributed by atoms with Gasteiger partial charge in [-0.3, -0.25) is 0 Å². The fourth-order valence-corrected chi connectivity index (χ4v) is 0.510. The van der Waals surface area contributed by atoms with Gasteiger partial charge < -0.3 is 10.8 Å². The molecule has 1 unspecified atom stereocenters. The summed E-state index contributed by atoms with van der Waals surface area (Å²) in [7, 11) is 0. The van der Waals surface area contributed by atoms with Crippen molar-refractivity contribution in [1.82, 2.24) is 0 Å². The molecule has 0 saturated carbocycles. The average Bonchev–Trinajstić information content (AvgIpc) is 1.87. The predicted octanol–water partition coefficient (Wildman–Crippen LogP) is 0.755. The Bertz CT molecular complexity index is 132. The summed E-state index contributed by atoms with van der Waals surface area (Å²) < 4.78 is 0. The first-order chi connectivity index (χ1) is 4.66. The summed E-state index contributed by atoms with van der Waals surface area (Å²) in [6.07, 6.45) is 4.22. The summed E-state index contributed by atoms with van der Waals surface area (Å²) in [5.74, 6) is -0.914. The second-order valence-corrected chi connectivity index (χ2v) is 2.14. The van der Waals surface area contributed by atoms with Crippen LogP contribution in [0.2, 0.25) is 0 Å². The van der Waals surface area contributed by atoms with E-state index in [2.05, 4.69) is 0 Å². The Hall–Kier alpha value is -0.830. The van der Waals surface area contributed by atoms with Gasteiger partial charge in [0.05, 0.1) is 0 Å². The van der Waals surface area contributed by atoms with Gasteiger partial charge in [0.2, 0.25) is 0 Å². The SMILES string of the molecule is CCC(N)C/C=C/C(=O)O. The van der Waals surface area contributed by atoms with Crippen molar-refractivity contribution in [3.63, 3.8) is 0 Å². The van der Waals surface area contributed by atoms with E-state index in [9.17, 15) is 4.79 Å². The normalized spacial score (nSPS) is 13.8. The summed E-state index contributed by atoms with van der Waals surface area (Å²) in [6, 6.07) is 0.0931. The molecule has 0 rings (SSSR count). The number of hydrogen-bond acceptors (Lipinski definition) is 2. The van der Waals surface area contributed by atoms with Gasteiger partial charge in [0.1, 0.15) is 0 Å². The molecular formula is C7H13NO2. The van der Waals surface area contributed by atoms with Crippen LogP contribution in [0, 0.1) is 0 Å². The van der Waals surface area contributed by atoms with Crippen LogP contribution in [0.25, 0.3) is 0 Å². The molecule has 0 fully saturated rings. The second kappa shape index (κ2) is 4.99. The van der Waals surface area contributed by atoms with E-state index in [1.54, 1.807) is 6.08 Å². The zero-order valence-electron chi connectivity index (χ0n) is 6.08. The average molecular weight is 143 g/mol. The Morgan fingerprint density at radius 2 is 2.40 bits per heavy atom. The van der Waals surface area contributed by atoms with Crippen LogP contribution in [-0.2, 0) is 4.79 Å². The van der Waals surface area contributed by atoms with Crippen LogP contribution in [0.4, 0.5) is 0 Å². The second-order valence-electron chi connectivity index (χ2n) is 2.14. The van der Waals surface area contributed by atoms with Gasteiger partial charge in [-0.05, 0) is 12.8 Å². The predicted molar refractivity (Wildman–Crippen MR) is 39.7 cm³/mol. The molecule has 0 saturated heterocycles. The third-order valence-corrected chi connectivity index (χ3v) is 1.22. The molecule has 0 aliphatic rings. The molecule has 0 aliphatic carbocycles. The number of carbonyl (C=O) groups is 1. The molecule has 0 spiro atoms. The molecule has 0 aliphatic heterocycles. The van der Waals surface area contributed by atoms with E-state index in [1.807, 2.05) is 6.92 Å². The molecule has 0 aromatic carbocycles. The number of nitrogens with two attached hydrogens (primary N) is 1. The van der Waals surface area contributed by atoms with E-state index in [0.717, 1.165) is 12.5 Å². The smallest absolute Gasteiger partial charge is 0.327 e. The number of aliphatic carboxylic acids is 1. The highest BCUT2D eigenvalue weighted by Crippen LogP contribution is 1.93. The van der Waals surface area contributed by atoms with Crippen LogP contribution >= 0.6 is 0 Å². The molecule has 0 aromatic heterocycles. The van der Waals surface area contributed by atoms with Gasteiger partial charge in [0, 0.05) is 12.1 Å². The van der Waals surface area contributed by atoms with Gasteiger partial charge in [0.25, 0.3) is 0 Å². The summed E-state index contributed by atoms with van der Waals surface area (Å²) in [6.45, 7) is 1.97. The van der Waals surface area contributed by atoms with Gasteiger partial charge >= 0.3 is 5.97 Å². The van der Waals surface area contributed by atoms with E-state index in [-0.39, 0.29) is 6.04 Å². The summed E-state index contributed by atoms with van der Waals surface area (Å²) in [5.41, 5.74) is 5.51. The van der Waals surface area contributed by atoms with Gasteiger partial charge in [-0.2, -0.15) is 0 Å². The van der Waals surface area contributed by atoms with Crippen molar-refractivity contribution in [3.8, 4) is 0 Å². The number of carboxylic acid groups (broad SMARTS) is 1. The zero-order chi connectivity index (χ0) is 7.98. The van der Waals surface area contributed by atoms with Crippen molar-refractivity contribution in [2.24, 2.45) is 5.73 Å². The fraction of sp³-hybridized carbons (Fsp3) is 0.571. The van der Waals surface area contributed by atoms with Crippen LogP contribution in [0.15, 0.2) is 12.2 Å². The van der Waals surface area contributed by atoms with Crippen molar-refractivity contribution in [2.45, 2.75) is 25.8 Å². The third kappa shape index (κ3) is 5.31. The minimum absolute atomic E-state index is 0.0931. The first-order valence-electron chi connectivity index (χ1n) is 3.31. The first kappa shape index (κ1) is 9.17. The minimum atomic E-state index is -0.914. The molecule has 3 N–H and O–H groups in total. The lowest BCUT2D eigenvalue weighted by Gasteiger charge is -2.01. The Balaban J connectivity index is 3.43. The van der Waals surface area contributed by atoms with Crippen LogP contribution in [0.1, 0.15) is 19.8 Å². The highest BCUT2D eigenvalue weighted by molar-refractivity contribution is 5.79. The van der Waals surface area contributed by atoms with Crippen LogP contribution in [0.3, 0.4) is 0 Å². The number of rotatable bonds is 4. The van der Waals surface area contributed by atoms with Crippen LogP contribution < -0.4 is 5.73 Å². The van der Waals surface area contributed by atoms with Crippen molar-refractivity contribution in [2.75, 3.05) is 0 Å². The molecular weight excluding hydrogens is 130 g/mol. The lowest BCUT2D eigenvalue weighted by atomic mass is 10.1. The van der Waals surface area contributed by atoms with Crippen LogP contribution in [-0.4, -0.2) is 17.1 Å². The molecule has 0 radical (unpaired) electrons. The van der Waals surface area contributed by atoms with E-state index < -0.39 is 5.97 Å². The molecule has 10 heavy (non-hydrogen) atoms. The summed E-state index contributed by atoms with van der Waals surface area (Å²) in [4.78, 5) is 9.94. The van der Waals surface area contributed by atoms with Gasteiger partial charge in [-0.25, -0.2) is 4.79 Å². The standard InChI is InChI=1S/C7H13NO2/c1-2-6(8)4-3-5-7(9)10/h3,5-6H,2,4,8H2,1H3,(H,9,10)/b5-3+. The van der Waals surface area contributed by atoms with Gasteiger partial charge in [-0.1, -0.05) is 13.0 Å². The summed E-state index contributed by atoms with van der Waals surface area (Å²) >= 11 is 0. The van der Waals surface area contributed by atoms with E-state index in [4.69, 9.17) is 10.8 Å². The van der Waals surface area contributed by atoms with Crippen molar-refractivity contribution in [3.05, 3.63) is 12.2 Å². The molecule has 58 valence electrons. The lowest BCUT2D eigenvalue weighted by molar-refractivity contribution is -0.131. The van der Waals surface area contributed by atoms with E-state index in [0.29, 0.717) is 6.42 Å². The molecule has 3 heteroatoms. The number of hydrogen-bond donors (Lipinski definition) is 2. The molecule has 3 nitrogen and oxygen atoms in total. The van der Waals surface area contributed by atoms with E-state index >= 15 is 0 Å². The third-order valence-electron chi connectivity index (χ3n) is 1.22. The zero-order valence-corrected chi connectivity index (χ0v) is 6.08. The van der Waals surface area contributed by atoms with Gasteiger partial charge in [0.15, 0.2) is 0 Å². The maximum atomic E-state index is 9.94. The Morgan fingerprint density at radius 3 is 2.80 bits per heavy atom. The quantitative estimate of drug-likeness (QED) is 0.571. The van der Waals surface area contributed by atoms with Gasteiger partial charge in [-0.15, -0.1) is 0 Å². The molecule has 0 aromatic rings. The minimum Gasteiger partial charge on any atom is -0.478 e. The number of carboxylic acids is 1. The van der Waals surface area contributed by atoms with E-state index in [1.165, 1.54) is 0 Å². The lowest BCUT2D eigenvalue weighted by Crippen LogP contribution is -2.16.